The Kier molecular flexibility index (Phi) is 3.36. The molecule has 94 valence electrons. The van der Waals surface area contributed by atoms with Gasteiger partial charge < -0.3 is 4.74 Å². The van der Waals surface area contributed by atoms with Gasteiger partial charge in [-0.25, -0.2) is 0 Å². The third-order valence-electron chi connectivity index (χ3n) is 2.73. The van der Waals surface area contributed by atoms with Crippen LogP contribution in [0.2, 0.25) is 0 Å². The zero-order valence-corrected chi connectivity index (χ0v) is 9.78. The van der Waals surface area contributed by atoms with Crippen LogP contribution in [0.15, 0.2) is 24.5 Å². The van der Waals surface area contributed by atoms with E-state index in [-0.39, 0.29) is 11.6 Å². The molecule has 6 nitrogen and oxygen atoms in total. The van der Waals surface area contributed by atoms with Gasteiger partial charge in [0.25, 0.3) is 5.69 Å². The maximum Gasteiger partial charge on any atom is 0.298 e. The summed E-state index contributed by atoms with van der Waals surface area (Å²) in [5.74, 6) is 0.511. The van der Waals surface area contributed by atoms with Crippen LogP contribution in [0, 0.1) is 16.0 Å². The molecule has 18 heavy (non-hydrogen) atoms. The van der Waals surface area contributed by atoms with E-state index < -0.39 is 11.0 Å². The number of nitro groups is 1. The predicted octanol–water partition coefficient (Wildman–Crippen LogP) is 1.95. The monoisotopic (exact) mass is 248 g/mol. The highest BCUT2D eigenvalue weighted by Gasteiger charge is 2.26. The number of allylic oxidation sites excluding steroid dienone is 1. The maximum absolute atomic E-state index is 10.9. The fraction of sp³-hybridized carbons (Fsp3) is 0.333. The Balaban J connectivity index is 2.42. The molecule has 0 spiro atoms. The molecule has 2 rings (SSSR count). The third-order valence-corrected chi connectivity index (χ3v) is 2.73. The van der Waals surface area contributed by atoms with Crippen LogP contribution in [-0.2, 0) is 9.53 Å². The highest BCUT2D eigenvalue weighted by molar-refractivity contribution is 5.70. The van der Waals surface area contributed by atoms with Gasteiger partial charge in [-0.1, -0.05) is 6.92 Å². The minimum Gasteiger partial charge on any atom is -0.482 e. The van der Waals surface area contributed by atoms with Gasteiger partial charge in [0.05, 0.1) is 10.5 Å². The fourth-order valence-electron chi connectivity index (χ4n) is 1.92. The predicted molar refractivity (Wildman–Crippen MR) is 63.6 cm³/mol. The summed E-state index contributed by atoms with van der Waals surface area (Å²) in [6.07, 6.45) is 5.19. The van der Waals surface area contributed by atoms with Crippen LogP contribution in [0.1, 0.15) is 18.9 Å². The van der Waals surface area contributed by atoms with Gasteiger partial charge in [0.15, 0.2) is 12.4 Å². The molecule has 0 bridgehead atoms. The Labute approximate surface area is 103 Å². The number of nitrogens with zero attached hydrogens (tertiary/aromatic N) is 2. The number of pyridine rings is 1. The Morgan fingerprint density at radius 2 is 2.39 bits per heavy atom. The molecule has 0 saturated carbocycles. The number of carbonyl (C=O) groups excluding carboxylic acids is 1. The summed E-state index contributed by atoms with van der Waals surface area (Å²) < 4.78 is 5.44. The molecule has 1 aromatic heterocycles. The molecule has 0 aliphatic carbocycles. The van der Waals surface area contributed by atoms with Gasteiger partial charge in [-0.15, -0.1) is 0 Å². The first-order valence-corrected chi connectivity index (χ1v) is 5.54. The summed E-state index contributed by atoms with van der Waals surface area (Å²) in [6.45, 7) is 1.94. The van der Waals surface area contributed by atoms with Crippen molar-refractivity contribution in [2.24, 2.45) is 5.92 Å². The van der Waals surface area contributed by atoms with Crippen LogP contribution in [0.3, 0.4) is 0 Å². The van der Waals surface area contributed by atoms with Gasteiger partial charge >= 0.3 is 0 Å². The molecular formula is C12H12N2O4. The van der Waals surface area contributed by atoms with E-state index in [9.17, 15) is 14.9 Å². The molecule has 1 aliphatic rings. The van der Waals surface area contributed by atoms with Crippen molar-refractivity contribution in [1.82, 2.24) is 4.98 Å². The van der Waals surface area contributed by atoms with Crippen LogP contribution in [0.25, 0.3) is 5.76 Å². The number of carbonyl (C=O) groups is 1. The van der Waals surface area contributed by atoms with Crippen LogP contribution in [-0.4, -0.2) is 22.3 Å². The smallest absolute Gasteiger partial charge is 0.298 e. The highest BCUT2D eigenvalue weighted by atomic mass is 16.6. The molecule has 2 unspecified atom stereocenters. The number of aromatic nitrogens is 1. The standard InChI is InChI=1S/C12H12N2O4/c1-8-4-9(7-15)18-12(5-8)10-2-3-13-6-11(10)14(16)17/h2-3,5-9H,4H2,1H3. The molecule has 0 fully saturated rings. The van der Waals surface area contributed by atoms with Crippen molar-refractivity contribution < 1.29 is 14.5 Å². The molecular weight excluding hydrogens is 236 g/mol. The zero-order valence-electron chi connectivity index (χ0n) is 9.78. The SMILES string of the molecule is CC1C=C(c2ccncc2[N+](=O)[O-])OC(C=O)C1. The normalized spacial score (nSPS) is 22.8. The lowest BCUT2D eigenvalue weighted by atomic mass is 9.98. The third kappa shape index (κ3) is 2.37. The van der Waals surface area contributed by atoms with E-state index in [1.807, 2.05) is 6.92 Å². The van der Waals surface area contributed by atoms with Crippen molar-refractivity contribution in [1.29, 1.82) is 0 Å². The highest BCUT2D eigenvalue weighted by Crippen LogP contribution is 2.32. The number of aldehydes is 1. The Hall–Kier alpha value is -2.24. The quantitative estimate of drug-likeness (QED) is 0.464. The summed E-state index contributed by atoms with van der Waals surface area (Å²) in [7, 11) is 0. The number of hydrogen-bond acceptors (Lipinski definition) is 5. The van der Waals surface area contributed by atoms with Gasteiger partial charge in [0.2, 0.25) is 0 Å². The first kappa shape index (κ1) is 12.2. The van der Waals surface area contributed by atoms with Gasteiger partial charge in [-0.3, -0.25) is 19.9 Å². The van der Waals surface area contributed by atoms with Crippen molar-refractivity contribution in [3.8, 4) is 0 Å². The molecule has 1 aliphatic heterocycles. The molecule has 2 heterocycles. The van der Waals surface area contributed by atoms with Crippen LogP contribution < -0.4 is 0 Å². The van der Waals surface area contributed by atoms with Crippen molar-refractivity contribution >= 4 is 17.7 Å². The second-order valence-corrected chi connectivity index (χ2v) is 4.19. The fourth-order valence-corrected chi connectivity index (χ4v) is 1.92. The summed E-state index contributed by atoms with van der Waals surface area (Å²) >= 11 is 0. The lowest BCUT2D eigenvalue weighted by Crippen LogP contribution is -2.21. The molecule has 2 atom stereocenters. The Morgan fingerprint density at radius 3 is 3.06 bits per heavy atom. The summed E-state index contributed by atoms with van der Waals surface area (Å²) in [4.78, 5) is 24.9. The van der Waals surface area contributed by atoms with E-state index >= 15 is 0 Å². The zero-order chi connectivity index (χ0) is 13.1. The van der Waals surface area contributed by atoms with Crippen molar-refractivity contribution in [3.05, 3.63) is 40.2 Å². The summed E-state index contributed by atoms with van der Waals surface area (Å²) in [5.41, 5.74) is 0.232. The van der Waals surface area contributed by atoms with Crippen LogP contribution in [0.5, 0.6) is 0 Å². The number of rotatable bonds is 3. The first-order chi connectivity index (χ1) is 8.61. The largest absolute Gasteiger partial charge is 0.482 e. The van der Waals surface area contributed by atoms with Gasteiger partial charge in [-0.05, 0) is 24.5 Å². The van der Waals surface area contributed by atoms with E-state index in [4.69, 9.17) is 4.74 Å². The topological polar surface area (TPSA) is 82.3 Å². The van der Waals surface area contributed by atoms with Crippen molar-refractivity contribution in [2.75, 3.05) is 0 Å². The molecule has 0 radical (unpaired) electrons. The maximum atomic E-state index is 10.9. The van der Waals surface area contributed by atoms with E-state index in [0.29, 0.717) is 17.7 Å². The van der Waals surface area contributed by atoms with E-state index in [0.717, 1.165) is 6.29 Å². The second-order valence-electron chi connectivity index (χ2n) is 4.19. The van der Waals surface area contributed by atoms with Gasteiger partial charge in [0.1, 0.15) is 12.0 Å². The van der Waals surface area contributed by atoms with E-state index in [1.165, 1.54) is 18.5 Å². The molecule has 0 amide bonds. The van der Waals surface area contributed by atoms with Gasteiger partial charge in [0, 0.05) is 6.20 Å². The lowest BCUT2D eigenvalue weighted by Gasteiger charge is -2.24. The Morgan fingerprint density at radius 1 is 1.61 bits per heavy atom. The molecule has 0 saturated heterocycles. The lowest BCUT2D eigenvalue weighted by molar-refractivity contribution is -0.385. The van der Waals surface area contributed by atoms with Gasteiger partial charge in [-0.2, -0.15) is 0 Å². The average Bonchev–Trinajstić information content (AvgIpc) is 2.38. The second kappa shape index (κ2) is 4.95. The molecule has 1 aromatic rings. The minimum absolute atomic E-state index is 0.123. The summed E-state index contributed by atoms with van der Waals surface area (Å²) in [5, 5.41) is 10.9. The van der Waals surface area contributed by atoms with Crippen molar-refractivity contribution in [3.63, 3.8) is 0 Å². The number of hydrogen-bond donors (Lipinski definition) is 0. The minimum atomic E-state index is -0.548. The summed E-state index contributed by atoms with van der Waals surface area (Å²) in [6, 6.07) is 1.52. The average molecular weight is 248 g/mol. The van der Waals surface area contributed by atoms with Crippen molar-refractivity contribution in [2.45, 2.75) is 19.4 Å². The Bertz CT molecular complexity index is 513. The van der Waals surface area contributed by atoms with Crippen LogP contribution in [0.4, 0.5) is 5.69 Å². The van der Waals surface area contributed by atoms with E-state index in [1.54, 1.807) is 6.08 Å². The van der Waals surface area contributed by atoms with Crippen LogP contribution >= 0.6 is 0 Å². The molecule has 0 aromatic carbocycles. The number of ether oxygens (including phenoxy) is 1. The first-order valence-electron chi connectivity index (χ1n) is 5.54. The molecule has 6 heteroatoms. The molecule has 0 N–H and O–H groups in total. The van der Waals surface area contributed by atoms with E-state index in [2.05, 4.69) is 4.98 Å².